The molecule has 0 bridgehead atoms. The molecule has 0 saturated heterocycles. The molecule has 0 radical (unpaired) electrons. The summed E-state index contributed by atoms with van der Waals surface area (Å²) in [4.78, 5) is -0.415. The van der Waals surface area contributed by atoms with Crippen LogP contribution in [0.3, 0.4) is 0 Å². The molecule has 2 unspecified atom stereocenters. The maximum atomic E-state index is 14.5. The van der Waals surface area contributed by atoms with Crippen molar-refractivity contribution in [2.24, 2.45) is 5.92 Å². The zero-order valence-corrected chi connectivity index (χ0v) is 20.7. The SMILES string of the molecule is O=S(=O)(c1ccccc1F)n1c(Cc2ccc([C@H]3NS(=O)(C(F)(F)F)=C4CC43)cc2)cc2ccccc21. The van der Waals surface area contributed by atoms with Gasteiger partial charge < -0.3 is 0 Å². The summed E-state index contributed by atoms with van der Waals surface area (Å²) in [7, 11) is -8.49. The van der Waals surface area contributed by atoms with Gasteiger partial charge in [0.25, 0.3) is 10.0 Å². The Labute approximate surface area is 210 Å². The molecule has 1 N–H and O–H groups in total. The first-order valence-electron chi connectivity index (χ1n) is 11.4. The molecule has 5 nitrogen and oxygen atoms in total. The number of fused-ring (bicyclic) bond motifs is 2. The van der Waals surface area contributed by atoms with Gasteiger partial charge in [0.15, 0.2) is 0 Å². The lowest BCUT2D eigenvalue weighted by molar-refractivity contribution is -0.0404. The van der Waals surface area contributed by atoms with Crippen LogP contribution in [-0.4, -0.2) is 27.0 Å². The third-order valence-electron chi connectivity index (χ3n) is 6.88. The Hall–Kier alpha value is -3.15. The maximum Gasteiger partial charge on any atom is 0.476 e. The fourth-order valence-electron chi connectivity index (χ4n) is 5.04. The first-order valence-corrected chi connectivity index (χ1v) is 14.4. The maximum absolute atomic E-state index is 14.5. The van der Waals surface area contributed by atoms with Gasteiger partial charge in [-0.15, -0.1) is 0 Å². The zero-order valence-electron chi connectivity index (χ0n) is 19.1. The van der Waals surface area contributed by atoms with Crippen molar-refractivity contribution >= 4 is 35.5 Å². The number of rotatable bonds is 5. The summed E-state index contributed by atoms with van der Waals surface area (Å²) in [6.07, 6.45) is 0.368. The number of alkyl halides is 3. The molecule has 37 heavy (non-hydrogen) atoms. The van der Waals surface area contributed by atoms with Gasteiger partial charge in [0, 0.05) is 28.3 Å². The number of hydrogen-bond donors (Lipinski definition) is 1. The summed E-state index contributed by atoms with van der Waals surface area (Å²) in [6.45, 7) is 0. The van der Waals surface area contributed by atoms with Gasteiger partial charge in [0.2, 0.25) is 0 Å². The molecular formula is C26H20F4N2O3S2. The van der Waals surface area contributed by atoms with Crippen molar-refractivity contribution in [1.29, 1.82) is 0 Å². The lowest BCUT2D eigenvalue weighted by Gasteiger charge is -2.19. The van der Waals surface area contributed by atoms with Gasteiger partial charge in [-0.3, -0.25) is 0 Å². The number of halogens is 4. The summed E-state index contributed by atoms with van der Waals surface area (Å²) < 4.78 is 97.6. The molecule has 11 heteroatoms. The van der Waals surface area contributed by atoms with Crippen LogP contribution in [0.1, 0.15) is 29.3 Å². The summed E-state index contributed by atoms with van der Waals surface area (Å²) in [5, 5.41) is 0.669. The van der Waals surface area contributed by atoms with Gasteiger partial charge in [-0.25, -0.2) is 25.7 Å². The van der Waals surface area contributed by atoms with Crippen LogP contribution in [0.5, 0.6) is 0 Å². The molecule has 1 aliphatic heterocycles. The molecule has 3 aromatic carbocycles. The quantitative estimate of drug-likeness (QED) is 0.277. The predicted molar refractivity (Wildman–Crippen MR) is 133 cm³/mol. The van der Waals surface area contributed by atoms with Crippen LogP contribution < -0.4 is 4.72 Å². The predicted octanol–water partition coefficient (Wildman–Crippen LogP) is 5.16. The Balaban J connectivity index is 1.34. The van der Waals surface area contributed by atoms with E-state index in [2.05, 4.69) is 4.72 Å². The minimum atomic E-state index is -4.83. The summed E-state index contributed by atoms with van der Waals surface area (Å²) in [6, 6.07) is 19.9. The molecule has 1 aliphatic carbocycles. The molecule has 2 heterocycles. The second kappa shape index (κ2) is 8.17. The lowest BCUT2D eigenvalue weighted by atomic mass is 10.0. The smallest absolute Gasteiger partial charge is 0.243 e. The normalized spacial score (nSPS) is 23.4. The van der Waals surface area contributed by atoms with E-state index in [1.54, 1.807) is 54.6 Å². The van der Waals surface area contributed by atoms with Crippen LogP contribution in [0.2, 0.25) is 0 Å². The highest BCUT2D eigenvalue weighted by Gasteiger charge is 2.59. The largest absolute Gasteiger partial charge is 0.476 e. The van der Waals surface area contributed by atoms with Crippen LogP contribution in [0.25, 0.3) is 10.9 Å². The number of hydrogen-bond acceptors (Lipinski definition) is 3. The molecule has 0 spiro atoms. The van der Waals surface area contributed by atoms with Gasteiger partial charge in [-0.05, 0) is 41.8 Å². The van der Waals surface area contributed by atoms with E-state index < -0.39 is 47.9 Å². The topological polar surface area (TPSA) is 68.2 Å². The number of benzene rings is 3. The number of aromatic nitrogens is 1. The Morgan fingerprint density at radius 1 is 0.973 bits per heavy atom. The Kier molecular flexibility index (Phi) is 5.35. The number of nitrogens with one attached hydrogen (secondary N) is 1. The summed E-state index contributed by atoms with van der Waals surface area (Å²) in [5.74, 6) is -1.26. The fraction of sp³-hybridized carbons (Fsp3) is 0.192. The van der Waals surface area contributed by atoms with Crippen LogP contribution >= 0.6 is 0 Å². The van der Waals surface area contributed by atoms with Crippen LogP contribution in [0, 0.1) is 11.7 Å². The average Bonchev–Trinajstić information content (AvgIpc) is 3.48. The molecule has 4 aromatic rings. The standard InChI is InChI=1S/C26H20F4N2O3S2/c27-21-6-2-4-8-23(21)37(34,35)32-19(14-18-5-1-3-7-22(18)32)13-16-9-11-17(12-10-16)25-20-15-24(20)36(33,31-25)26(28,29)30/h1-12,14,20,25H,13,15H2,(H,31,33)/t20?,25-,36?/m1/s1. The van der Waals surface area contributed by atoms with Crippen molar-refractivity contribution in [2.45, 2.75) is 29.3 Å². The number of nitrogens with zero attached hydrogens (tertiary/aromatic N) is 1. The highest BCUT2D eigenvalue weighted by molar-refractivity contribution is 8.02. The first kappa shape index (κ1) is 24.2. The third kappa shape index (κ3) is 3.79. The minimum Gasteiger partial charge on any atom is -0.243 e. The highest BCUT2D eigenvalue weighted by atomic mass is 32.2. The van der Waals surface area contributed by atoms with Gasteiger partial charge in [0.1, 0.15) is 20.4 Å². The lowest BCUT2D eigenvalue weighted by Crippen LogP contribution is -2.37. The second-order valence-corrected chi connectivity index (χ2v) is 13.3. The van der Waals surface area contributed by atoms with Gasteiger partial charge in [0.05, 0.1) is 11.6 Å². The average molecular weight is 549 g/mol. The first-order chi connectivity index (χ1) is 17.5. The van der Waals surface area contributed by atoms with Crippen molar-refractivity contribution in [3.63, 3.8) is 0 Å². The fourth-order valence-corrected chi connectivity index (χ4v) is 8.87. The van der Waals surface area contributed by atoms with Gasteiger partial charge >= 0.3 is 5.51 Å². The van der Waals surface area contributed by atoms with Crippen molar-refractivity contribution in [1.82, 2.24) is 8.69 Å². The van der Waals surface area contributed by atoms with E-state index in [4.69, 9.17) is 0 Å². The molecule has 6 rings (SSSR count). The van der Waals surface area contributed by atoms with Crippen molar-refractivity contribution in [2.75, 3.05) is 0 Å². The highest BCUT2D eigenvalue weighted by Crippen LogP contribution is 2.49. The molecule has 1 aromatic heterocycles. The molecule has 192 valence electrons. The van der Waals surface area contributed by atoms with E-state index in [1.165, 1.54) is 18.2 Å². The van der Waals surface area contributed by atoms with E-state index in [0.29, 0.717) is 27.7 Å². The zero-order chi connectivity index (χ0) is 26.2. The van der Waals surface area contributed by atoms with E-state index >= 15 is 0 Å². The van der Waals surface area contributed by atoms with Crippen molar-refractivity contribution < 1.29 is 30.2 Å². The molecule has 2 aliphatic rings. The van der Waals surface area contributed by atoms with Crippen molar-refractivity contribution in [3.05, 3.63) is 102 Å². The molecular weight excluding hydrogens is 528 g/mol. The van der Waals surface area contributed by atoms with Gasteiger partial charge in [-0.1, -0.05) is 54.6 Å². The Morgan fingerprint density at radius 3 is 2.32 bits per heavy atom. The minimum absolute atomic E-state index is 0.0249. The van der Waals surface area contributed by atoms with Gasteiger partial charge in [-0.2, -0.15) is 13.2 Å². The Bertz CT molecular complexity index is 1780. The molecule has 3 atom stereocenters. The van der Waals surface area contributed by atoms with Crippen LogP contribution in [0.4, 0.5) is 17.6 Å². The number of para-hydroxylation sites is 1. The third-order valence-corrected chi connectivity index (χ3v) is 11.1. The van der Waals surface area contributed by atoms with Crippen molar-refractivity contribution in [3.8, 4) is 0 Å². The Morgan fingerprint density at radius 2 is 1.65 bits per heavy atom. The molecule has 0 amide bonds. The van der Waals surface area contributed by atoms with Crippen LogP contribution in [0.15, 0.2) is 83.8 Å². The monoisotopic (exact) mass is 548 g/mol. The summed E-state index contributed by atoms with van der Waals surface area (Å²) in [5.41, 5.74) is -2.72. The van der Waals surface area contributed by atoms with E-state index in [-0.39, 0.29) is 17.7 Å². The van der Waals surface area contributed by atoms with E-state index in [9.17, 15) is 30.2 Å². The second-order valence-electron chi connectivity index (χ2n) is 9.19. The van der Waals surface area contributed by atoms with E-state index in [0.717, 1.165) is 10.0 Å². The van der Waals surface area contributed by atoms with Crippen LogP contribution in [-0.2, 0) is 26.2 Å². The molecule has 1 fully saturated rings. The van der Waals surface area contributed by atoms with E-state index in [1.807, 2.05) is 0 Å². The molecule has 1 saturated carbocycles. The summed E-state index contributed by atoms with van der Waals surface area (Å²) >= 11 is 0.